The van der Waals surface area contributed by atoms with E-state index in [0.717, 1.165) is 37.9 Å². The molecule has 0 aliphatic carbocycles. The Morgan fingerprint density at radius 3 is 2.67 bits per heavy atom. The fraction of sp³-hybridized carbons (Fsp3) is 0.611. The van der Waals surface area contributed by atoms with E-state index >= 15 is 0 Å². The van der Waals surface area contributed by atoms with Crippen molar-refractivity contribution in [3.63, 3.8) is 0 Å². The van der Waals surface area contributed by atoms with Gasteiger partial charge in [-0.15, -0.1) is 0 Å². The molecule has 0 N–H and O–H groups in total. The number of esters is 1. The average Bonchev–Trinajstić information content (AvgIpc) is 2.54. The standard InChI is InChI=1S/C18H27NO2/c1-2-3-5-12-18(20)21-15-16-10-6-7-11-17(16)19-13-8-4-9-14-19/h6-7,10-11H,2-5,8-9,12-15H2,1H3. The van der Waals surface area contributed by atoms with E-state index in [4.69, 9.17) is 4.74 Å². The predicted octanol–water partition coefficient (Wildman–Crippen LogP) is 4.30. The third-order valence-electron chi connectivity index (χ3n) is 4.06. The molecule has 0 atom stereocenters. The van der Waals surface area contributed by atoms with Crippen LogP contribution in [0.1, 0.15) is 57.4 Å². The molecule has 0 spiro atoms. The van der Waals surface area contributed by atoms with Gasteiger partial charge in [0.25, 0.3) is 0 Å². The fourth-order valence-electron chi connectivity index (χ4n) is 2.83. The van der Waals surface area contributed by atoms with Crippen LogP contribution in [-0.2, 0) is 16.1 Å². The molecule has 21 heavy (non-hydrogen) atoms. The average molecular weight is 289 g/mol. The number of carbonyl (C=O) groups is 1. The number of carbonyl (C=O) groups excluding carboxylic acids is 1. The lowest BCUT2D eigenvalue weighted by atomic mass is 10.1. The van der Waals surface area contributed by atoms with Gasteiger partial charge in [0.2, 0.25) is 0 Å². The van der Waals surface area contributed by atoms with Gasteiger partial charge in [0.1, 0.15) is 6.61 Å². The highest BCUT2D eigenvalue weighted by Crippen LogP contribution is 2.24. The lowest BCUT2D eigenvalue weighted by Gasteiger charge is -2.30. The maximum atomic E-state index is 11.7. The predicted molar refractivity (Wildman–Crippen MR) is 86.4 cm³/mol. The van der Waals surface area contributed by atoms with Gasteiger partial charge in [-0.2, -0.15) is 0 Å². The SMILES string of the molecule is CCCCCC(=O)OCc1ccccc1N1CCCCC1. The Morgan fingerprint density at radius 1 is 1.14 bits per heavy atom. The summed E-state index contributed by atoms with van der Waals surface area (Å²) in [6.45, 7) is 4.76. The lowest BCUT2D eigenvalue weighted by Crippen LogP contribution is -2.30. The highest BCUT2D eigenvalue weighted by atomic mass is 16.5. The monoisotopic (exact) mass is 289 g/mol. The summed E-state index contributed by atoms with van der Waals surface area (Å²) in [7, 11) is 0. The zero-order chi connectivity index (χ0) is 14.9. The summed E-state index contributed by atoms with van der Waals surface area (Å²) in [4.78, 5) is 14.2. The molecule has 1 aliphatic heterocycles. The molecule has 3 heteroatoms. The van der Waals surface area contributed by atoms with Crippen LogP contribution in [0.25, 0.3) is 0 Å². The van der Waals surface area contributed by atoms with E-state index in [9.17, 15) is 4.79 Å². The number of nitrogens with zero attached hydrogens (tertiary/aromatic N) is 1. The second-order valence-electron chi connectivity index (χ2n) is 5.79. The molecule has 1 aromatic carbocycles. The number of benzene rings is 1. The molecule has 1 aliphatic rings. The fourth-order valence-corrected chi connectivity index (χ4v) is 2.83. The molecule has 0 saturated carbocycles. The first kappa shape index (κ1) is 15.9. The molecule has 0 aromatic heterocycles. The molecule has 3 nitrogen and oxygen atoms in total. The largest absolute Gasteiger partial charge is 0.461 e. The summed E-state index contributed by atoms with van der Waals surface area (Å²) in [5.74, 6) is -0.0723. The van der Waals surface area contributed by atoms with Crippen LogP contribution >= 0.6 is 0 Å². The molecule has 0 amide bonds. The van der Waals surface area contributed by atoms with Gasteiger partial charge < -0.3 is 9.64 Å². The summed E-state index contributed by atoms with van der Waals surface area (Å²) >= 11 is 0. The molecule has 116 valence electrons. The third kappa shape index (κ3) is 5.07. The van der Waals surface area contributed by atoms with Crippen molar-refractivity contribution < 1.29 is 9.53 Å². The second-order valence-corrected chi connectivity index (χ2v) is 5.79. The zero-order valence-electron chi connectivity index (χ0n) is 13.1. The van der Waals surface area contributed by atoms with Crippen molar-refractivity contribution in [2.75, 3.05) is 18.0 Å². The quantitative estimate of drug-likeness (QED) is 0.553. The van der Waals surface area contributed by atoms with Gasteiger partial charge in [0.15, 0.2) is 0 Å². The first-order valence-corrected chi connectivity index (χ1v) is 8.29. The van der Waals surface area contributed by atoms with Crippen LogP contribution in [0.4, 0.5) is 5.69 Å². The third-order valence-corrected chi connectivity index (χ3v) is 4.06. The Labute approximate surface area is 128 Å². The Kier molecular flexibility index (Phi) is 6.58. The van der Waals surface area contributed by atoms with E-state index in [1.165, 1.54) is 24.9 Å². The molecule has 0 unspecified atom stereocenters. The number of rotatable bonds is 7. The second kappa shape index (κ2) is 8.71. The minimum absolute atomic E-state index is 0.0723. The minimum atomic E-state index is -0.0723. The van der Waals surface area contributed by atoms with Crippen LogP contribution in [0.2, 0.25) is 0 Å². The number of para-hydroxylation sites is 1. The van der Waals surface area contributed by atoms with E-state index in [2.05, 4.69) is 30.0 Å². The van der Waals surface area contributed by atoms with Gasteiger partial charge in [0, 0.05) is 30.8 Å². The van der Waals surface area contributed by atoms with Gasteiger partial charge in [-0.05, 0) is 31.7 Å². The molecular weight excluding hydrogens is 262 g/mol. The summed E-state index contributed by atoms with van der Waals surface area (Å²) in [5.41, 5.74) is 2.36. The smallest absolute Gasteiger partial charge is 0.306 e. The first-order chi connectivity index (χ1) is 10.3. The Morgan fingerprint density at radius 2 is 1.90 bits per heavy atom. The van der Waals surface area contributed by atoms with Crippen molar-refractivity contribution in [3.8, 4) is 0 Å². The molecule has 0 bridgehead atoms. The van der Waals surface area contributed by atoms with Gasteiger partial charge >= 0.3 is 5.97 Å². The van der Waals surface area contributed by atoms with Crippen molar-refractivity contribution in [2.45, 2.75) is 58.5 Å². The summed E-state index contributed by atoms with van der Waals surface area (Å²) in [6, 6.07) is 8.30. The van der Waals surface area contributed by atoms with Gasteiger partial charge in [-0.25, -0.2) is 0 Å². The van der Waals surface area contributed by atoms with Crippen molar-refractivity contribution in [2.24, 2.45) is 0 Å². The minimum Gasteiger partial charge on any atom is -0.461 e. The zero-order valence-corrected chi connectivity index (χ0v) is 13.1. The topological polar surface area (TPSA) is 29.5 Å². The number of ether oxygens (including phenoxy) is 1. The van der Waals surface area contributed by atoms with E-state index in [-0.39, 0.29) is 5.97 Å². The number of hydrogen-bond donors (Lipinski definition) is 0. The van der Waals surface area contributed by atoms with Crippen LogP contribution in [0, 0.1) is 0 Å². The molecule has 1 heterocycles. The highest BCUT2D eigenvalue weighted by Gasteiger charge is 2.14. The van der Waals surface area contributed by atoms with Crippen molar-refractivity contribution in [1.29, 1.82) is 0 Å². The van der Waals surface area contributed by atoms with E-state index in [1.54, 1.807) is 0 Å². The molecule has 2 rings (SSSR count). The lowest BCUT2D eigenvalue weighted by molar-refractivity contribution is -0.145. The Bertz CT molecular complexity index is 439. The normalized spacial score (nSPS) is 15.0. The van der Waals surface area contributed by atoms with E-state index < -0.39 is 0 Å². The van der Waals surface area contributed by atoms with Gasteiger partial charge in [-0.1, -0.05) is 38.0 Å². The van der Waals surface area contributed by atoms with Crippen LogP contribution in [-0.4, -0.2) is 19.1 Å². The maximum absolute atomic E-state index is 11.7. The van der Waals surface area contributed by atoms with Gasteiger partial charge in [0.05, 0.1) is 0 Å². The Hall–Kier alpha value is -1.51. The van der Waals surface area contributed by atoms with Crippen molar-refractivity contribution in [3.05, 3.63) is 29.8 Å². The van der Waals surface area contributed by atoms with Crippen LogP contribution in [0.3, 0.4) is 0 Å². The summed E-state index contributed by atoms with van der Waals surface area (Å²) < 4.78 is 5.44. The number of unbranched alkanes of at least 4 members (excludes halogenated alkanes) is 2. The Balaban J connectivity index is 1.89. The molecule has 0 radical (unpaired) electrons. The molecular formula is C18H27NO2. The van der Waals surface area contributed by atoms with Crippen LogP contribution in [0.5, 0.6) is 0 Å². The molecule has 1 fully saturated rings. The van der Waals surface area contributed by atoms with E-state index in [1.807, 2.05) is 6.07 Å². The first-order valence-electron chi connectivity index (χ1n) is 8.29. The van der Waals surface area contributed by atoms with Crippen LogP contribution in [0.15, 0.2) is 24.3 Å². The molecule has 1 saturated heterocycles. The highest BCUT2D eigenvalue weighted by molar-refractivity contribution is 5.69. The number of anilines is 1. The summed E-state index contributed by atoms with van der Waals surface area (Å²) in [5, 5.41) is 0. The van der Waals surface area contributed by atoms with Crippen LogP contribution < -0.4 is 4.90 Å². The summed E-state index contributed by atoms with van der Waals surface area (Å²) in [6.07, 6.45) is 7.54. The van der Waals surface area contributed by atoms with Gasteiger partial charge in [-0.3, -0.25) is 4.79 Å². The number of hydrogen-bond acceptors (Lipinski definition) is 3. The maximum Gasteiger partial charge on any atom is 0.306 e. The number of piperidine rings is 1. The van der Waals surface area contributed by atoms with Crippen molar-refractivity contribution in [1.82, 2.24) is 0 Å². The van der Waals surface area contributed by atoms with E-state index in [0.29, 0.717) is 13.0 Å². The molecule has 1 aromatic rings. The van der Waals surface area contributed by atoms with Crippen molar-refractivity contribution >= 4 is 11.7 Å².